The maximum absolute atomic E-state index is 11.6. The van der Waals surface area contributed by atoms with Gasteiger partial charge in [0.25, 0.3) is 6.47 Å². The van der Waals surface area contributed by atoms with Crippen LogP contribution in [0.25, 0.3) is 0 Å². The Kier molecular flexibility index (Phi) is 29.0. The number of halogens is 1. The van der Waals surface area contributed by atoms with Crippen molar-refractivity contribution < 1.29 is 148 Å². The summed E-state index contributed by atoms with van der Waals surface area (Å²) < 4.78 is 15.4. The van der Waals surface area contributed by atoms with Crippen LogP contribution < -0.4 is 113 Å². The molecule has 0 atom stereocenters. The van der Waals surface area contributed by atoms with Gasteiger partial charge in [-0.1, -0.05) is 15.9 Å². The minimum atomic E-state index is -0.363. The van der Waals surface area contributed by atoms with E-state index in [9.17, 15) is 9.59 Å². The van der Waals surface area contributed by atoms with Gasteiger partial charge in [-0.05, 0) is 104 Å². The van der Waals surface area contributed by atoms with Crippen molar-refractivity contribution in [2.24, 2.45) is 0 Å². The van der Waals surface area contributed by atoms with E-state index in [0.29, 0.717) is 36.7 Å². The Balaban J connectivity index is -0.000000685. The fourth-order valence-corrected chi connectivity index (χ4v) is 4.18. The summed E-state index contributed by atoms with van der Waals surface area (Å²) in [5.41, 5.74) is 8.58. The number of hydrogen-bond donors (Lipinski definition) is 1. The second-order valence-electron chi connectivity index (χ2n) is 9.98. The molecular formula is C35H43BrK2N4O9. The van der Waals surface area contributed by atoms with Crippen molar-refractivity contribution in [3.05, 3.63) is 105 Å². The molecule has 0 radical (unpaired) electrons. The van der Waals surface area contributed by atoms with Gasteiger partial charge in [0.1, 0.15) is 18.1 Å². The summed E-state index contributed by atoms with van der Waals surface area (Å²) in [6, 6.07) is 12.8. The molecule has 0 unspecified atom stereocenters. The number of aromatic hydroxyl groups is 1. The van der Waals surface area contributed by atoms with E-state index in [2.05, 4.69) is 40.8 Å². The van der Waals surface area contributed by atoms with Gasteiger partial charge in [0.15, 0.2) is 0 Å². The number of nitrogens with zero attached hydrogens (tertiary/aromatic N) is 4. The summed E-state index contributed by atoms with van der Waals surface area (Å²) in [6.07, 6.45) is 0. The number of esters is 2. The van der Waals surface area contributed by atoms with Crippen LogP contribution in [0.3, 0.4) is 0 Å². The summed E-state index contributed by atoms with van der Waals surface area (Å²) in [4.78, 5) is 51.5. The number of alkyl halides is 1. The van der Waals surface area contributed by atoms with Crippen molar-refractivity contribution in [1.29, 1.82) is 0 Å². The molecule has 4 aromatic rings. The minimum absolute atomic E-state index is 0. The van der Waals surface area contributed by atoms with E-state index >= 15 is 0 Å². The largest absolute Gasteiger partial charge is 1.00 e. The van der Waals surface area contributed by atoms with Gasteiger partial charge in [0, 0.05) is 5.33 Å². The van der Waals surface area contributed by atoms with Gasteiger partial charge in [-0.25, -0.2) is 9.59 Å². The van der Waals surface area contributed by atoms with Crippen LogP contribution in [0, 0.1) is 41.5 Å². The Morgan fingerprint density at radius 1 is 0.706 bits per heavy atom. The van der Waals surface area contributed by atoms with Crippen molar-refractivity contribution in [3.8, 4) is 11.5 Å². The van der Waals surface area contributed by atoms with Crippen molar-refractivity contribution in [1.82, 2.24) is 19.9 Å². The van der Waals surface area contributed by atoms with Gasteiger partial charge in [-0.15, -0.1) is 0 Å². The summed E-state index contributed by atoms with van der Waals surface area (Å²) in [7, 11) is 0. The normalized spacial score (nSPS) is 9.29. The standard InChI is InChI=1S/C17H20N2O3.C9H10O3.C8H11BrN2.CH2O3.2K.H/c1-5-21-17(20)14-6-8-15(9-7-14)22-10-16-13(4)18-11(2)12(3)19-16;1-2-12-9(11)7-3-5-8(10)6-4-7;1-5-6(2)11-8(4-9)7(3)10-5;2-1-4-3;;;/h6-9H,5,10H2,1-4H3;3-6,10H,2H2,1H3;4H2,1-3H3;1,3H;;;/q;;;;2*+1;-1/p-1. The number of carbonyl (C=O) groups excluding carboxylic acids is 3. The number of phenolic OH excluding ortho intramolecular Hbond substituents is 1. The van der Waals surface area contributed by atoms with Gasteiger partial charge in [-0.2, -0.15) is 0 Å². The number of ether oxygens (including phenoxy) is 3. The molecule has 0 saturated heterocycles. The number of rotatable bonds is 9. The zero-order valence-corrected chi connectivity index (χ0v) is 38.7. The predicted molar refractivity (Wildman–Crippen MR) is 184 cm³/mol. The molecule has 16 heteroatoms. The molecule has 0 fully saturated rings. The Morgan fingerprint density at radius 3 is 1.47 bits per heavy atom. The monoisotopic (exact) mass is 820 g/mol. The number of aromatic nitrogens is 4. The summed E-state index contributed by atoms with van der Waals surface area (Å²) in [5, 5.41) is 18.1. The van der Waals surface area contributed by atoms with Crippen LogP contribution >= 0.6 is 15.9 Å². The second-order valence-corrected chi connectivity index (χ2v) is 10.5. The number of carbonyl (C=O) groups is 3. The van der Waals surface area contributed by atoms with Crippen LogP contribution in [-0.2, 0) is 31.1 Å². The first-order valence-corrected chi connectivity index (χ1v) is 16.2. The SMILES string of the molecule is CCOC(=O)c1ccc(O)cc1.CCOC(=O)c1ccc(OCc2nc(C)c(C)nc2C)cc1.Cc1nc(C)c(CBr)nc1C.O=CO[O-].[H-].[K+].[K+]. The van der Waals surface area contributed by atoms with Crippen LogP contribution in [-0.4, -0.2) is 56.7 Å². The van der Waals surface area contributed by atoms with Crippen LogP contribution in [0.1, 0.15) is 81.5 Å². The molecule has 0 bridgehead atoms. The van der Waals surface area contributed by atoms with Gasteiger partial charge in [0.05, 0.1) is 69.9 Å². The van der Waals surface area contributed by atoms with E-state index in [0.717, 1.165) is 50.9 Å². The van der Waals surface area contributed by atoms with E-state index in [1.54, 1.807) is 38.1 Å². The number of phenols is 1. The van der Waals surface area contributed by atoms with Gasteiger partial charge in [-0.3, -0.25) is 24.7 Å². The van der Waals surface area contributed by atoms with Gasteiger partial charge >= 0.3 is 115 Å². The Morgan fingerprint density at radius 2 is 1.08 bits per heavy atom. The van der Waals surface area contributed by atoms with Crippen LogP contribution in [0.4, 0.5) is 0 Å². The molecule has 2 aromatic carbocycles. The Hall–Kier alpha value is -1.68. The maximum Gasteiger partial charge on any atom is 1.00 e. The molecule has 0 amide bonds. The van der Waals surface area contributed by atoms with Gasteiger partial charge in [0.2, 0.25) is 0 Å². The quantitative estimate of drug-likeness (QED) is 0.0575. The third-order valence-corrected chi connectivity index (χ3v) is 6.98. The number of aryl methyl sites for hydroxylation is 6. The van der Waals surface area contributed by atoms with Crippen molar-refractivity contribution in [2.75, 3.05) is 13.2 Å². The van der Waals surface area contributed by atoms with Crippen molar-refractivity contribution in [3.63, 3.8) is 0 Å². The van der Waals surface area contributed by atoms with Gasteiger partial charge < -0.3 is 30.9 Å². The predicted octanol–water partition coefficient (Wildman–Crippen LogP) is -0.422. The molecule has 4 rings (SSSR count). The zero-order chi connectivity index (χ0) is 36.9. The van der Waals surface area contributed by atoms with E-state index in [4.69, 9.17) is 29.4 Å². The maximum atomic E-state index is 11.6. The second kappa shape index (κ2) is 28.8. The molecule has 266 valence electrons. The molecular weight excluding hydrogens is 779 g/mol. The number of benzene rings is 2. The fourth-order valence-electron chi connectivity index (χ4n) is 3.65. The molecule has 0 spiro atoms. The van der Waals surface area contributed by atoms with E-state index in [1.807, 2.05) is 41.5 Å². The molecule has 0 saturated carbocycles. The summed E-state index contributed by atoms with van der Waals surface area (Å²) >= 11 is 3.36. The van der Waals surface area contributed by atoms with E-state index < -0.39 is 0 Å². The molecule has 0 aliphatic heterocycles. The first-order chi connectivity index (χ1) is 23.3. The summed E-state index contributed by atoms with van der Waals surface area (Å²) in [6.45, 7) is 16.1. The molecule has 0 aliphatic rings. The Labute approximate surface area is 394 Å². The summed E-state index contributed by atoms with van der Waals surface area (Å²) in [5.74, 6) is 0.123. The first-order valence-electron chi connectivity index (χ1n) is 15.1. The van der Waals surface area contributed by atoms with Crippen molar-refractivity contribution in [2.45, 2.75) is 67.3 Å². The zero-order valence-electron chi connectivity index (χ0n) is 31.9. The molecule has 13 nitrogen and oxygen atoms in total. The average Bonchev–Trinajstić information content (AvgIpc) is 3.09. The first kappa shape index (κ1) is 51.4. The molecule has 2 aromatic heterocycles. The average molecular weight is 822 g/mol. The topological polar surface area (TPSA) is 183 Å². The molecule has 0 aliphatic carbocycles. The third kappa shape index (κ3) is 19.8. The Bertz CT molecular complexity index is 1650. The van der Waals surface area contributed by atoms with E-state index in [1.165, 1.54) is 24.3 Å². The molecule has 1 N–H and O–H groups in total. The molecule has 2 heterocycles. The van der Waals surface area contributed by atoms with E-state index in [-0.39, 0.29) is 128 Å². The minimum Gasteiger partial charge on any atom is -1.00 e. The number of hydrogen-bond acceptors (Lipinski definition) is 13. The third-order valence-electron chi connectivity index (χ3n) is 6.44. The molecule has 51 heavy (non-hydrogen) atoms. The smallest absolute Gasteiger partial charge is 1.00 e. The van der Waals surface area contributed by atoms with Crippen molar-refractivity contribution >= 4 is 34.3 Å². The van der Waals surface area contributed by atoms with Crippen LogP contribution in [0.15, 0.2) is 48.5 Å². The van der Waals surface area contributed by atoms with Crippen LogP contribution in [0.5, 0.6) is 11.5 Å². The fraction of sp³-hybridized carbons (Fsp3) is 0.343. The van der Waals surface area contributed by atoms with Crippen LogP contribution in [0.2, 0.25) is 0 Å².